The second-order valence-corrected chi connectivity index (χ2v) is 9.15. The molecule has 1 unspecified atom stereocenters. The third-order valence-electron chi connectivity index (χ3n) is 5.11. The minimum atomic E-state index is -0.706. The van der Waals surface area contributed by atoms with E-state index in [1.54, 1.807) is 32.7 Å². The van der Waals surface area contributed by atoms with Crippen LogP contribution in [0.5, 0.6) is 17.2 Å². The van der Waals surface area contributed by atoms with E-state index in [-0.39, 0.29) is 12.0 Å². The lowest BCUT2D eigenvalue weighted by molar-refractivity contribution is -0.143. The van der Waals surface area contributed by atoms with Crippen molar-refractivity contribution in [2.75, 3.05) is 34.4 Å². The number of benzene rings is 1. The highest BCUT2D eigenvalue weighted by Gasteiger charge is 2.32. The van der Waals surface area contributed by atoms with Gasteiger partial charge < -0.3 is 19.3 Å². The average Bonchev–Trinajstić information content (AvgIpc) is 3.13. The Kier molecular flexibility index (Phi) is 6.85. The Morgan fingerprint density at radius 3 is 2.18 bits per heavy atom. The maximum Gasteiger partial charge on any atom is 0.306 e. The van der Waals surface area contributed by atoms with Crippen molar-refractivity contribution in [2.45, 2.75) is 18.9 Å². The minimum Gasteiger partial charge on any atom is -0.493 e. The molecule has 0 saturated carbocycles. The van der Waals surface area contributed by atoms with Crippen LogP contribution in [0.2, 0.25) is 0 Å². The zero-order valence-electron chi connectivity index (χ0n) is 16.1. The van der Waals surface area contributed by atoms with E-state index in [1.807, 2.05) is 18.2 Å². The topological polar surface area (TPSA) is 68.2 Å². The lowest BCUT2D eigenvalue weighted by Crippen LogP contribution is -2.39. The number of ether oxygens (including phenoxy) is 3. The normalized spacial score (nSPS) is 16.6. The predicted molar refractivity (Wildman–Crippen MR) is 112 cm³/mol. The molecule has 1 aliphatic heterocycles. The van der Waals surface area contributed by atoms with Crippen LogP contribution in [0.1, 0.15) is 29.3 Å². The summed E-state index contributed by atoms with van der Waals surface area (Å²) in [6.45, 7) is 1.43. The van der Waals surface area contributed by atoms with Crippen molar-refractivity contribution >= 4 is 33.2 Å². The van der Waals surface area contributed by atoms with E-state index in [9.17, 15) is 9.90 Å². The molecule has 1 aromatic heterocycles. The van der Waals surface area contributed by atoms with Crippen LogP contribution < -0.4 is 14.2 Å². The summed E-state index contributed by atoms with van der Waals surface area (Å²) >= 11 is 5.23. The first-order chi connectivity index (χ1) is 13.5. The van der Waals surface area contributed by atoms with Gasteiger partial charge >= 0.3 is 5.97 Å². The predicted octanol–water partition coefficient (Wildman–Crippen LogP) is 4.42. The number of methoxy groups -OCH3 is 3. The summed E-state index contributed by atoms with van der Waals surface area (Å²) in [5.74, 6) is 0.801. The highest BCUT2D eigenvalue weighted by atomic mass is 79.9. The Morgan fingerprint density at radius 1 is 1.14 bits per heavy atom. The first kappa shape index (κ1) is 21.0. The first-order valence-electron chi connectivity index (χ1n) is 9.00. The molecule has 0 aliphatic carbocycles. The number of nitrogens with zero attached hydrogens (tertiary/aromatic N) is 1. The molecule has 3 rings (SSSR count). The molecule has 0 spiro atoms. The Morgan fingerprint density at radius 2 is 1.75 bits per heavy atom. The second kappa shape index (κ2) is 9.15. The molecule has 152 valence electrons. The van der Waals surface area contributed by atoms with Gasteiger partial charge in [0, 0.05) is 4.88 Å². The molecule has 1 aromatic carbocycles. The third kappa shape index (κ3) is 4.29. The van der Waals surface area contributed by atoms with Crippen molar-refractivity contribution in [1.82, 2.24) is 4.90 Å². The summed E-state index contributed by atoms with van der Waals surface area (Å²) in [5, 5.41) is 9.33. The summed E-state index contributed by atoms with van der Waals surface area (Å²) in [6.07, 6.45) is 1.28. The molecule has 28 heavy (non-hydrogen) atoms. The van der Waals surface area contributed by atoms with Crippen LogP contribution in [0, 0.1) is 5.92 Å². The zero-order valence-corrected chi connectivity index (χ0v) is 18.5. The highest BCUT2D eigenvalue weighted by Crippen LogP contribution is 2.44. The summed E-state index contributed by atoms with van der Waals surface area (Å²) in [5.41, 5.74) is 1.03. The minimum absolute atomic E-state index is 0.0141. The zero-order chi connectivity index (χ0) is 20.3. The highest BCUT2D eigenvalue weighted by molar-refractivity contribution is 9.11. The molecule has 6 nitrogen and oxygen atoms in total. The molecule has 1 N–H and O–H groups in total. The molecule has 8 heteroatoms. The van der Waals surface area contributed by atoms with Gasteiger partial charge in [0.15, 0.2) is 11.5 Å². The van der Waals surface area contributed by atoms with E-state index in [2.05, 4.69) is 26.9 Å². The molecule has 0 radical (unpaired) electrons. The summed E-state index contributed by atoms with van der Waals surface area (Å²) in [7, 11) is 4.80. The van der Waals surface area contributed by atoms with Crippen molar-refractivity contribution < 1.29 is 24.1 Å². The number of carboxylic acid groups (broad SMARTS) is 1. The fourth-order valence-corrected chi connectivity index (χ4v) is 5.28. The number of rotatable bonds is 7. The molecule has 1 fully saturated rings. The Balaban J connectivity index is 2.02. The second-order valence-electron chi connectivity index (χ2n) is 6.65. The number of piperidine rings is 1. The van der Waals surface area contributed by atoms with Crippen molar-refractivity contribution in [3.8, 4) is 17.2 Å². The number of thiophene rings is 1. The van der Waals surface area contributed by atoms with E-state index in [1.165, 1.54) is 4.88 Å². The van der Waals surface area contributed by atoms with Gasteiger partial charge in [-0.15, -0.1) is 11.3 Å². The van der Waals surface area contributed by atoms with Crippen molar-refractivity contribution in [3.05, 3.63) is 38.5 Å². The number of hydrogen-bond acceptors (Lipinski definition) is 6. The first-order valence-corrected chi connectivity index (χ1v) is 10.6. The van der Waals surface area contributed by atoms with E-state index in [4.69, 9.17) is 14.2 Å². The number of carboxylic acids is 1. The lowest BCUT2D eigenvalue weighted by Gasteiger charge is -2.36. The van der Waals surface area contributed by atoms with Crippen LogP contribution in [-0.2, 0) is 4.79 Å². The van der Waals surface area contributed by atoms with E-state index in [0.29, 0.717) is 43.2 Å². The molecular weight excluding hydrogens is 446 g/mol. The Hall–Kier alpha value is -1.77. The van der Waals surface area contributed by atoms with E-state index >= 15 is 0 Å². The molecule has 0 bridgehead atoms. The van der Waals surface area contributed by atoms with Gasteiger partial charge in [0.2, 0.25) is 5.75 Å². The lowest BCUT2D eigenvalue weighted by atomic mass is 9.93. The number of halogens is 1. The number of aliphatic carboxylic acids is 1. The van der Waals surface area contributed by atoms with Crippen molar-refractivity contribution in [3.63, 3.8) is 0 Å². The summed E-state index contributed by atoms with van der Waals surface area (Å²) in [4.78, 5) is 14.8. The van der Waals surface area contributed by atoms with Crippen molar-refractivity contribution in [1.29, 1.82) is 0 Å². The van der Waals surface area contributed by atoms with Gasteiger partial charge in [-0.1, -0.05) is 0 Å². The standard InChI is InChI=1S/C20H24BrNO5S/c1-25-14-10-13(11-15(26-2)19(14)27-3)18(16-4-5-17(21)28-16)22-8-6-12(7-9-22)20(23)24/h4-5,10-12,18H,6-9H2,1-3H3,(H,23,24). The van der Waals surface area contributed by atoms with Crippen molar-refractivity contribution in [2.24, 2.45) is 5.92 Å². The molecule has 2 aromatic rings. The number of likely N-dealkylation sites (tertiary alicyclic amines) is 1. The molecule has 1 aliphatic rings. The van der Waals surface area contributed by atoms with Gasteiger partial charge in [-0.25, -0.2) is 0 Å². The molecule has 2 heterocycles. The quantitative estimate of drug-likeness (QED) is 0.646. The largest absolute Gasteiger partial charge is 0.493 e. The SMILES string of the molecule is COc1cc(C(c2ccc(Br)s2)N2CCC(C(=O)O)CC2)cc(OC)c1OC. The third-order valence-corrected chi connectivity index (χ3v) is 6.79. The number of hydrogen-bond donors (Lipinski definition) is 1. The summed E-state index contributed by atoms with van der Waals surface area (Å²) in [6, 6.07) is 8.08. The van der Waals surface area contributed by atoms with Gasteiger partial charge in [0.05, 0.1) is 37.1 Å². The Bertz CT molecular complexity index is 807. The van der Waals surface area contributed by atoms with Gasteiger partial charge in [-0.3, -0.25) is 9.69 Å². The summed E-state index contributed by atoms with van der Waals surface area (Å²) < 4.78 is 17.6. The van der Waals surface area contributed by atoms with Crippen LogP contribution >= 0.6 is 27.3 Å². The average molecular weight is 470 g/mol. The fourth-order valence-electron chi connectivity index (χ4n) is 3.69. The molecule has 1 atom stereocenters. The van der Waals surface area contributed by atoms with E-state index in [0.717, 1.165) is 9.35 Å². The van der Waals surface area contributed by atoms with Gasteiger partial charge in [-0.05, 0) is 71.7 Å². The smallest absolute Gasteiger partial charge is 0.306 e. The molecule has 1 saturated heterocycles. The fraction of sp³-hybridized carbons (Fsp3) is 0.450. The number of carbonyl (C=O) groups is 1. The van der Waals surface area contributed by atoms with Gasteiger partial charge in [0.25, 0.3) is 0 Å². The van der Waals surface area contributed by atoms with E-state index < -0.39 is 5.97 Å². The van der Waals surface area contributed by atoms with Crippen LogP contribution in [0.3, 0.4) is 0 Å². The maximum absolute atomic E-state index is 11.3. The van der Waals surface area contributed by atoms with Crippen LogP contribution in [0.4, 0.5) is 0 Å². The van der Waals surface area contributed by atoms with Gasteiger partial charge in [0.1, 0.15) is 0 Å². The van der Waals surface area contributed by atoms with Crippen LogP contribution in [0.25, 0.3) is 0 Å². The van der Waals surface area contributed by atoms with Crippen LogP contribution in [0.15, 0.2) is 28.1 Å². The van der Waals surface area contributed by atoms with Gasteiger partial charge in [-0.2, -0.15) is 0 Å². The molecule has 0 amide bonds. The monoisotopic (exact) mass is 469 g/mol. The Labute approximate surface area is 177 Å². The maximum atomic E-state index is 11.3. The molecular formula is C20H24BrNO5S. The van der Waals surface area contributed by atoms with Crippen LogP contribution in [-0.4, -0.2) is 50.4 Å².